The molecule has 0 aliphatic carbocycles. The van der Waals surface area contributed by atoms with E-state index in [0.717, 1.165) is 39.4 Å². The molecule has 1 aromatic rings. The molecule has 1 aromatic heterocycles. The van der Waals surface area contributed by atoms with E-state index in [1.807, 2.05) is 0 Å². The van der Waals surface area contributed by atoms with Crippen LogP contribution in [0.25, 0.3) is 0 Å². The number of ether oxygens (including phenoxy) is 3. The SMILES string of the molecule is O=C(Cn1nnnc1CN1CCOCC1)N[C@H]1COC[C@@H]1N1CCOCC1. The Morgan fingerprint density at radius 2 is 1.78 bits per heavy atom. The molecule has 2 atom stereocenters. The van der Waals surface area contributed by atoms with Crippen molar-refractivity contribution in [2.24, 2.45) is 0 Å². The van der Waals surface area contributed by atoms with Gasteiger partial charge in [-0.2, -0.15) is 0 Å². The minimum atomic E-state index is -0.0979. The van der Waals surface area contributed by atoms with Crippen LogP contribution in [-0.2, 0) is 32.1 Å². The van der Waals surface area contributed by atoms with E-state index in [1.165, 1.54) is 0 Å². The molecule has 11 nitrogen and oxygen atoms in total. The first-order valence-corrected chi connectivity index (χ1v) is 9.53. The second-order valence-electron chi connectivity index (χ2n) is 7.07. The van der Waals surface area contributed by atoms with Gasteiger partial charge in [-0.15, -0.1) is 5.10 Å². The van der Waals surface area contributed by atoms with Gasteiger partial charge in [0.25, 0.3) is 0 Å². The highest BCUT2D eigenvalue weighted by atomic mass is 16.5. The smallest absolute Gasteiger partial charge is 0.242 e. The van der Waals surface area contributed by atoms with Gasteiger partial charge in [0.15, 0.2) is 5.82 Å². The molecule has 0 spiro atoms. The fourth-order valence-corrected chi connectivity index (χ4v) is 3.76. The summed E-state index contributed by atoms with van der Waals surface area (Å²) >= 11 is 0. The van der Waals surface area contributed by atoms with Gasteiger partial charge in [-0.25, -0.2) is 4.68 Å². The molecule has 4 rings (SSSR count). The van der Waals surface area contributed by atoms with Crippen molar-refractivity contribution in [1.82, 2.24) is 35.3 Å². The molecule has 0 radical (unpaired) electrons. The number of morpholine rings is 2. The summed E-state index contributed by atoms with van der Waals surface area (Å²) in [7, 11) is 0. The number of aromatic nitrogens is 4. The van der Waals surface area contributed by atoms with E-state index in [9.17, 15) is 4.79 Å². The average Bonchev–Trinajstić information content (AvgIpc) is 3.33. The number of carbonyl (C=O) groups excluding carboxylic acids is 1. The molecule has 1 amide bonds. The Bertz CT molecular complexity index is 616. The van der Waals surface area contributed by atoms with Crippen molar-refractivity contribution in [3.63, 3.8) is 0 Å². The second-order valence-corrected chi connectivity index (χ2v) is 7.07. The lowest BCUT2D eigenvalue weighted by molar-refractivity contribution is -0.123. The molecule has 150 valence electrons. The molecular formula is C16H27N7O4. The van der Waals surface area contributed by atoms with Crippen molar-refractivity contribution >= 4 is 5.91 Å². The summed E-state index contributed by atoms with van der Waals surface area (Å²) in [6, 6.07) is 0.175. The quantitative estimate of drug-likeness (QED) is 0.583. The van der Waals surface area contributed by atoms with E-state index in [0.29, 0.717) is 38.8 Å². The van der Waals surface area contributed by atoms with Gasteiger partial charge in [-0.3, -0.25) is 14.6 Å². The van der Waals surface area contributed by atoms with Crippen molar-refractivity contribution in [2.45, 2.75) is 25.2 Å². The molecule has 0 saturated carbocycles. The summed E-state index contributed by atoms with van der Waals surface area (Å²) in [6.07, 6.45) is 0. The summed E-state index contributed by atoms with van der Waals surface area (Å²) in [5, 5.41) is 14.9. The molecule has 3 fully saturated rings. The average molecular weight is 381 g/mol. The number of nitrogens with one attached hydrogen (secondary N) is 1. The van der Waals surface area contributed by atoms with E-state index in [1.54, 1.807) is 4.68 Å². The lowest BCUT2D eigenvalue weighted by Gasteiger charge is -2.34. The highest BCUT2D eigenvalue weighted by Gasteiger charge is 2.35. The van der Waals surface area contributed by atoms with Gasteiger partial charge in [-0.1, -0.05) is 0 Å². The number of rotatable bonds is 6. The van der Waals surface area contributed by atoms with Gasteiger partial charge >= 0.3 is 0 Å². The first kappa shape index (κ1) is 18.7. The topological polar surface area (TPSA) is 107 Å². The van der Waals surface area contributed by atoms with Crippen LogP contribution >= 0.6 is 0 Å². The molecular weight excluding hydrogens is 354 g/mol. The molecule has 0 aromatic carbocycles. The molecule has 11 heteroatoms. The Hall–Kier alpha value is -1.66. The van der Waals surface area contributed by atoms with Crippen LogP contribution in [0.5, 0.6) is 0 Å². The number of hydrogen-bond donors (Lipinski definition) is 1. The third kappa shape index (κ3) is 4.79. The maximum absolute atomic E-state index is 12.6. The first-order chi connectivity index (χ1) is 13.3. The van der Waals surface area contributed by atoms with E-state index in [-0.39, 0.29) is 24.5 Å². The van der Waals surface area contributed by atoms with Crippen LogP contribution in [0, 0.1) is 0 Å². The maximum Gasteiger partial charge on any atom is 0.242 e. The van der Waals surface area contributed by atoms with E-state index >= 15 is 0 Å². The van der Waals surface area contributed by atoms with Gasteiger partial charge in [-0.05, 0) is 10.4 Å². The zero-order valence-electron chi connectivity index (χ0n) is 15.5. The third-order valence-corrected chi connectivity index (χ3v) is 5.28. The molecule has 27 heavy (non-hydrogen) atoms. The number of tetrazole rings is 1. The van der Waals surface area contributed by atoms with E-state index in [4.69, 9.17) is 14.2 Å². The molecule has 4 heterocycles. The Morgan fingerprint density at radius 1 is 1.04 bits per heavy atom. The van der Waals surface area contributed by atoms with Gasteiger partial charge in [0.2, 0.25) is 5.91 Å². The molecule has 3 aliphatic rings. The van der Waals surface area contributed by atoms with Gasteiger partial charge < -0.3 is 19.5 Å². The van der Waals surface area contributed by atoms with Crippen molar-refractivity contribution in [2.75, 3.05) is 65.8 Å². The van der Waals surface area contributed by atoms with Crippen LogP contribution in [0.3, 0.4) is 0 Å². The molecule has 3 aliphatic heterocycles. The van der Waals surface area contributed by atoms with Crippen LogP contribution in [0.1, 0.15) is 5.82 Å². The largest absolute Gasteiger partial charge is 0.379 e. The molecule has 0 bridgehead atoms. The number of hydrogen-bond acceptors (Lipinski definition) is 9. The summed E-state index contributed by atoms with van der Waals surface area (Å²) in [4.78, 5) is 17.1. The van der Waals surface area contributed by atoms with Crippen molar-refractivity contribution < 1.29 is 19.0 Å². The van der Waals surface area contributed by atoms with Gasteiger partial charge in [0.1, 0.15) is 6.54 Å². The minimum Gasteiger partial charge on any atom is -0.379 e. The highest BCUT2D eigenvalue weighted by Crippen LogP contribution is 2.15. The van der Waals surface area contributed by atoms with Crippen LogP contribution in [-0.4, -0.2) is 114 Å². The fraction of sp³-hybridized carbons (Fsp3) is 0.875. The van der Waals surface area contributed by atoms with Gasteiger partial charge in [0.05, 0.1) is 58.3 Å². The van der Waals surface area contributed by atoms with Crippen LogP contribution in [0.15, 0.2) is 0 Å². The minimum absolute atomic E-state index is 0.0187. The predicted octanol–water partition coefficient (Wildman–Crippen LogP) is -2.28. The lowest BCUT2D eigenvalue weighted by atomic mass is 10.1. The Morgan fingerprint density at radius 3 is 2.56 bits per heavy atom. The normalized spacial score (nSPS) is 27.7. The molecule has 3 saturated heterocycles. The first-order valence-electron chi connectivity index (χ1n) is 9.53. The number of amides is 1. The van der Waals surface area contributed by atoms with E-state index in [2.05, 4.69) is 30.6 Å². The Labute approximate surface area is 157 Å². The van der Waals surface area contributed by atoms with Crippen LogP contribution in [0.2, 0.25) is 0 Å². The molecule has 1 N–H and O–H groups in total. The van der Waals surface area contributed by atoms with Gasteiger partial charge in [0, 0.05) is 26.2 Å². The summed E-state index contributed by atoms with van der Waals surface area (Å²) in [5.41, 5.74) is 0. The van der Waals surface area contributed by atoms with Crippen molar-refractivity contribution in [3.05, 3.63) is 5.82 Å². The highest BCUT2D eigenvalue weighted by molar-refractivity contribution is 5.76. The fourth-order valence-electron chi connectivity index (χ4n) is 3.76. The molecule has 0 unspecified atom stereocenters. The summed E-state index contributed by atoms with van der Waals surface area (Å²) in [6.45, 7) is 8.22. The summed E-state index contributed by atoms with van der Waals surface area (Å²) in [5.74, 6) is 0.596. The van der Waals surface area contributed by atoms with E-state index < -0.39 is 0 Å². The zero-order valence-corrected chi connectivity index (χ0v) is 15.5. The number of carbonyl (C=O) groups is 1. The second kappa shape index (κ2) is 9.02. The summed E-state index contributed by atoms with van der Waals surface area (Å²) < 4.78 is 18.0. The third-order valence-electron chi connectivity index (χ3n) is 5.28. The maximum atomic E-state index is 12.6. The van der Waals surface area contributed by atoms with Crippen LogP contribution in [0.4, 0.5) is 0 Å². The van der Waals surface area contributed by atoms with Crippen molar-refractivity contribution in [3.8, 4) is 0 Å². The number of nitrogens with zero attached hydrogens (tertiary/aromatic N) is 6. The Kier molecular flexibility index (Phi) is 6.24. The monoisotopic (exact) mass is 381 g/mol. The Balaban J connectivity index is 1.30. The predicted molar refractivity (Wildman–Crippen MR) is 92.8 cm³/mol. The lowest BCUT2D eigenvalue weighted by Crippen LogP contribution is -2.54. The zero-order chi connectivity index (χ0) is 18.5. The van der Waals surface area contributed by atoms with Crippen molar-refractivity contribution in [1.29, 1.82) is 0 Å². The standard InChI is InChI=1S/C16H27N7O4/c24-16(17-13-11-27-12-14(13)22-3-7-26-8-4-22)10-23-15(18-19-20-23)9-21-1-5-25-6-2-21/h13-14H,1-12H2,(H,17,24)/t13-,14-/m0/s1. The van der Waals surface area contributed by atoms with Crippen LogP contribution < -0.4 is 5.32 Å².